The average molecular weight is 348 g/mol. The first-order chi connectivity index (χ1) is 10.7. The SMILES string of the molecule is CCC1(CC)CN(C(=O)c2ccncc2C(F)(F)F)CC[S@]1=O. The van der Waals surface area contributed by atoms with Crippen LogP contribution in [-0.2, 0) is 17.0 Å². The van der Waals surface area contributed by atoms with E-state index < -0.39 is 38.8 Å². The highest BCUT2D eigenvalue weighted by atomic mass is 32.2. The van der Waals surface area contributed by atoms with Gasteiger partial charge in [0, 0.05) is 42.0 Å². The first-order valence-electron chi connectivity index (χ1n) is 7.44. The van der Waals surface area contributed by atoms with Crippen LogP contribution >= 0.6 is 0 Å². The lowest BCUT2D eigenvalue weighted by molar-refractivity contribution is -0.138. The molecule has 0 aliphatic carbocycles. The maximum absolute atomic E-state index is 13.1. The summed E-state index contributed by atoms with van der Waals surface area (Å²) in [5.41, 5.74) is -1.43. The van der Waals surface area contributed by atoms with Crippen molar-refractivity contribution in [3.63, 3.8) is 0 Å². The largest absolute Gasteiger partial charge is 0.418 e. The first kappa shape index (κ1) is 17.9. The van der Waals surface area contributed by atoms with E-state index in [1.165, 1.54) is 11.1 Å². The van der Waals surface area contributed by atoms with E-state index in [9.17, 15) is 22.2 Å². The number of rotatable bonds is 3. The zero-order valence-corrected chi connectivity index (χ0v) is 13.8. The van der Waals surface area contributed by atoms with Crippen molar-refractivity contribution >= 4 is 16.7 Å². The molecule has 1 aliphatic rings. The van der Waals surface area contributed by atoms with Crippen LogP contribution in [0.15, 0.2) is 18.5 Å². The fraction of sp³-hybridized carbons (Fsp3) is 0.600. The lowest BCUT2D eigenvalue weighted by Crippen LogP contribution is -2.54. The van der Waals surface area contributed by atoms with Crippen molar-refractivity contribution in [3.05, 3.63) is 29.6 Å². The molecule has 0 bridgehead atoms. The summed E-state index contributed by atoms with van der Waals surface area (Å²) in [6, 6.07) is 1.09. The third-order valence-corrected chi connectivity index (χ3v) is 6.67. The fourth-order valence-electron chi connectivity index (χ4n) is 2.85. The molecule has 0 N–H and O–H groups in total. The molecule has 0 saturated carbocycles. The van der Waals surface area contributed by atoms with Gasteiger partial charge in [-0.15, -0.1) is 0 Å². The maximum atomic E-state index is 13.1. The van der Waals surface area contributed by atoms with Crippen LogP contribution in [0.4, 0.5) is 13.2 Å². The summed E-state index contributed by atoms with van der Waals surface area (Å²) >= 11 is 0. The minimum atomic E-state index is -4.63. The summed E-state index contributed by atoms with van der Waals surface area (Å²) in [5.74, 6) is -0.387. The van der Waals surface area contributed by atoms with Crippen LogP contribution in [0.1, 0.15) is 42.6 Å². The first-order valence-corrected chi connectivity index (χ1v) is 8.76. The molecule has 8 heteroatoms. The number of carbonyl (C=O) groups is 1. The Balaban J connectivity index is 2.34. The molecule has 0 unspecified atom stereocenters. The summed E-state index contributed by atoms with van der Waals surface area (Å²) in [6.07, 6.45) is -1.56. The number of carbonyl (C=O) groups excluding carboxylic acids is 1. The number of amides is 1. The lowest BCUT2D eigenvalue weighted by atomic mass is 10.00. The predicted molar refractivity (Wildman–Crippen MR) is 81.5 cm³/mol. The van der Waals surface area contributed by atoms with Crippen molar-refractivity contribution in [2.75, 3.05) is 18.8 Å². The van der Waals surface area contributed by atoms with Gasteiger partial charge in [-0.1, -0.05) is 13.8 Å². The van der Waals surface area contributed by atoms with Crippen LogP contribution in [0.2, 0.25) is 0 Å². The van der Waals surface area contributed by atoms with Gasteiger partial charge in [0.25, 0.3) is 5.91 Å². The van der Waals surface area contributed by atoms with E-state index in [0.29, 0.717) is 24.8 Å². The van der Waals surface area contributed by atoms with Crippen LogP contribution in [0.5, 0.6) is 0 Å². The zero-order chi connectivity index (χ0) is 17.3. The van der Waals surface area contributed by atoms with Crippen molar-refractivity contribution in [1.82, 2.24) is 9.88 Å². The van der Waals surface area contributed by atoms with Crippen molar-refractivity contribution in [2.24, 2.45) is 0 Å². The molecular weight excluding hydrogens is 329 g/mol. The molecule has 1 amide bonds. The van der Waals surface area contributed by atoms with Crippen molar-refractivity contribution < 1.29 is 22.2 Å². The molecule has 1 aromatic heterocycles. The molecule has 2 rings (SSSR count). The Morgan fingerprint density at radius 2 is 2.04 bits per heavy atom. The highest BCUT2D eigenvalue weighted by molar-refractivity contribution is 7.86. The van der Waals surface area contributed by atoms with Gasteiger partial charge in [0.15, 0.2) is 0 Å². The van der Waals surface area contributed by atoms with Gasteiger partial charge in [0.05, 0.1) is 15.9 Å². The van der Waals surface area contributed by atoms with Crippen molar-refractivity contribution in [1.29, 1.82) is 0 Å². The second-order valence-corrected chi connectivity index (χ2v) is 7.55. The third kappa shape index (κ3) is 3.41. The monoisotopic (exact) mass is 348 g/mol. The van der Waals surface area contributed by atoms with E-state index in [1.807, 2.05) is 13.8 Å². The van der Waals surface area contributed by atoms with Crippen LogP contribution in [-0.4, -0.2) is 43.6 Å². The van der Waals surface area contributed by atoms with Gasteiger partial charge in [-0.3, -0.25) is 14.0 Å². The molecule has 128 valence electrons. The van der Waals surface area contributed by atoms with E-state index >= 15 is 0 Å². The predicted octanol–water partition coefficient (Wildman–Crippen LogP) is 2.86. The minimum Gasteiger partial charge on any atom is -0.336 e. The molecule has 1 saturated heterocycles. The van der Waals surface area contributed by atoms with Crippen LogP contribution in [0.25, 0.3) is 0 Å². The van der Waals surface area contributed by atoms with E-state index in [1.54, 1.807) is 0 Å². The molecule has 4 nitrogen and oxygen atoms in total. The minimum absolute atomic E-state index is 0.201. The topological polar surface area (TPSA) is 50.3 Å². The second kappa shape index (κ2) is 6.59. The van der Waals surface area contributed by atoms with Crippen LogP contribution in [0.3, 0.4) is 0 Å². The van der Waals surface area contributed by atoms with E-state index in [2.05, 4.69) is 4.98 Å². The van der Waals surface area contributed by atoms with E-state index in [-0.39, 0.29) is 13.1 Å². The Labute approximate surface area is 135 Å². The van der Waals surface area contributed by atoms with Gasteiger partial charge < -0.3 is 4.90 Å². The Bertz CT molecular complexity index is 615. The third-order valence-electron chi connectivity index (χ3n) is 4.44. The number of hydrogen-bond acceptors (Lipinski definition) is 3. The van der Waals surface area contributed by atoms with Gasteiger partial charge in [-0.2, -0.15) is 13.2 Å². The molecule has 1 aromatic rings. The molecule has 0 radical (unpaired) electrons. The summed E-state index contributed by atoms with van der Waals surface area (Å²) in [6.45, 7) is 4.20. The highest BCUT2D eigenvalue weighted by Crippen LogP contribution is 2.33. The fourth-order valence-corrected chi connectivity index (χ4v) is 4.62. The number of hydrogen-bond donors (Lipinski definition) is 0. The Morgan fingerprint density at radius 3 is 2.61 bits per heavy atom. The number of nitrogens with zero attached hydrogens (tertiary/aromatic N) is 2. The summed E-state index contributed by atoms with van der Waals surface area (Å²) < 4.78 is 50.9. The molecule has 23 heavy (non-hydrogen) atoms. The molecule has 1 fully saturated rings. The number of pyridine rings is 1. The number of halogens is 3. The Kier molecular flexibility index (Phi) is 5.13. The summed E-state index contributed by atoms with van der Waals surface area (Å²) in [5, 5.41) is 0. The lowest BCUT2D eigenvalue weighted by Gasteiger charge is -2.41. The molecule has 2 heterocycles. The highest BCUT2D eigenvalue weighted by Gasteiger charge is 2.42. The van der Waals surface area contributed by atoms with Gasteiger partial charge in [-0.05, 0) is 18.9 Å². The standard InChI is InChI=1S/C15H19F3N2O2S/c1-3-14(4-2)10-20(7-8-23(14)22)13(21)11-5-6-19-9-12(11)15(16,17)18/h5-6,9H,3-4,7-8,10H2,1-2H3/t23-/m1/s1. The average Bonchev–Trinajstić information content (AvgIpc) is 2.54. The number of aromatic nitrogens is 1. The van der Waals surface area contributed by atoms with Crippen molar-refractivity contribution in [2.45, 2.75) is 37.6 Å². The van der Waals surface area contributed by atoms with Gasteiger partial charge in [0.1, 0.15) is 0 Å². The molecule has 1 aliphatic heterocycles. The summed E-state index contributed by atoms with van der Waals surface area (Å²) in [4.78, 5) is 17.5. The number of alkyl halides is 3. The normalized spacial score (nSPS) is 21.3. The second-order valence-electron chi connectivity index (χ2n) is 5.59. The summed E-state index contributed by atoms with van der Waals surface area (Å²) in [7, 11) is -1.08. The Morgan fingerprint density at radius 1 is 1.39 bits per heavy atom. The van der Waals surface area contributed by atoms with Gasteiger partial charge >= 0.3 is 6.18 Å². The Hall–Kier alpha value is -1.44. The molecule has 1 atom stereocenters. The van der Waals surface area contributed by atoms with Crippen LogP contribution in [0, 0.1) is 0 Å². The van der Waals surface area contributed by atoms with Gasteiger partial charge in [-0.25, -0.2) is 0 Å². The molecular formula is C15H19F3N2O2S. The van der Waals surface area contributed by atoms with E-state index in [4.69, 9.17) is 0 Å². The quantitative estimate of drug-likeness (QED) is 0.844. The van der Waals surface area contributed by atoms with Crippen LogP contribution < -0.4 is 0 Å². The van der Waals surface area contributed by atoms with Crippen molar-refractivity contribution in [3.8, 4) is 0 Å². The smallest absolute Gasteiger partial charge is 0.336 e. The van der Waals surface area contributed by atoms with E-state index in [0.717, 1.165) is 6.07 Å². The maximum Gasteiger partial charge on any atom is 0.418 e. The molecule has 0 aromatic carbocycles. The molecule has 0 spiro atoms. The van der Waals surface area contributed by atoms with Gasteiger partial charge in [0.2, 0.25) is 0 Å². The zero-order valence-electron chi connectivity index (χ0n) is 13.0.